The van der Waals surface area contributed by atoms with E-state index in [0.29, 0.717) is 0 Å². The van der Waals surface area contributed by atoms with Crippen LogP contribution < -0.4 is 0 Å². The molecular weight excluding hydrogens is 304 g/mol. The van der Waals surface area contributed by atoms with Crippen LogP contribution in [0.25, 0.3) is 0 Å². The molecule has 1 aromatic carbocycles. The van der Waals surface area contributed by atoms with Crippen LogP contribution in [0, 0.1) is 0 Å². The predicted molar refractivity (Wildman–Crippen MR) is 110 cm³/mol. The summed E-state index contributed by atoms with van der Waals surface area (Å²) in [7, 11) is 0. The molecule has 0 amide bonds. The average molecular weight is 345 g/mol. The van der Waals surface area contributed by atoms with Crippen LogP contribution in [-0.4, -0.2) is 6.29 Å². The number of benzene rings is 1. The second-order valence-electron chi connectivity index (χ2n) is 7.49. The molecular formula is C24H40O. The standard InChI is InChI=1S/C24H40O/c25-23-19-14-12-10-8-6-4-2-1-3-5-7-9-11-13-16-20-24-21-17-15-18-22-24/h15,17-18,21-23H,1-14,16,19-20H2. The van der Waals surface area contributed by atoms with Gasteiger partial charge in [0.2, 0.25) is 0 Å². The highest BCUT2D eigenvalue weighted by atomic mass is 16.1. The highest BCUT2D eigenvalue weighted by Crippen LogP contribution is 2.14. The van der Waals surface area contributed by atoms with Gasteiger partial charge in [-0.25, -0.2) is 0 Å². The van der Waals surface area contributed by atoms with Crippen molar-refractivity contribution in [2.75, 3.05) is 0 Å². The second kappa shape index (κ2) is 17.7. The molecule has 1 rings (SSSR count). The van der Waals surface area contributed by atoms with Gasteiger partial charge in [0.15, 0.2) is 0 Å². The van der Waals surface area contributed by atoms with Crippen LogP contribution in [0.2, 0.25) is 0 Å². The van der Waals surface area contributed by atoms with Crippen molar-refractivity contribution in [3.63, 3.8) is 0 Å². The van der Waals surface area contributed by atoms with E-state index in [0.717, 1.165) is 19.1 Å². The van der Waals surface area contributed by atoms with Gasteiger partial charge in [0.1, 0.15) is 6.29 Å². The van der Waals surface area contributed by atoms with Crippen molar-refractivity contribution >= 4 is 6.29 Å². The summed E-state index contributed by atoms with van der Waals surface area (Å²) in [6.45, 7) is 0. The summed E-state index contributed by atoms with van der Waals surface area (Å²) in [6, 6.07) is 10.9. The zero-order chi connectivity index (χ0) is 17.8. The van der Waals surface area contributed by atoms with Gasteiger partial charge in [0.05, 0.1) is 0 Å². The summed E-state index contributed by atoms with van der Waals surface area (Å²) in [4.78, 5) is 10.2. The van der Waals surface area contributed by atoms with Gasteiger partial charge in [-0.1, -0.05) is 114 Å². The third-order valence-corrected chi connectivity index (χ3v) is 5.13. The average Bonchev–Trinajstić information content (AvgIpc) is 2.65. The highest BCUT2D eigenvalue weighted by Gasteiger charge is 1.95. The van der Waals surface area contributed by atoms with Crippen LogP contribution in [-0.2, 0) is 11.2 Å². The Morgan fingerprint density at radius 3 is 1.36 bits per heavy atom. The molecule has 0 aliphatic rings. The summed E-state index contributed by atoms with van der Waals surface area (Å²) < 4.78 is 0. The first-order valence-electron chi connectivity index (χ1n) is 10.9. The molecule has 0 spiro atoms. The van der Waals surface area contributed by atoms with Crippen molar-refractivity contribution in [3.8, 4) is 0 Å². The molecule has 1 nitrogen and oxygen atoms in total. The molecule has 0 heterocycles. The molecule has 1 heteroatoms. The van der Waals surface area contributed by atoms with Gasteiger partial charge >= 0.3 is 0 Å². The molecule has 1 aromatic rings. The molecule has 142 valence electrons. The number of unbranched alkanes of at least 4 members (excludes halogenated alkanes) is 15. The molecule has 0 aromatic heterocycles. The topological polar surface area (TPSA) is 17.1 Å². The molecule has 0 bridgehead atoms. The van der Waals surface area contributed by atoms with Crippen molar-refractivity contribution in [3.05, 3.63) is 35.9 Å². The number of aldehydes is 1. The third kappa shape index (κ3) is 14.9. The van der Waals surface area contributed by atoms with Gasteiger partial charge in [-0.05, 0) is 24.8 Å². The van der Waals surface area contributed by atoms with Crippen molar-refractivity contribution in [2.24, 2.45) is 0 Å². The summed E-state index contributed by atoms with van der Waals surface area (Å²) in [5.41, 5.74) is 1.49. The number of hydrogen-bond acceptors (Lipinski definition) is 1. The maximum absolute atomic E-state index is 10.2. The fourth-order valence-electron chi connectivity index (χ4n) is 3.50. The number of carbonyl (C=O) groups excluding carboxylic acids is 1. The van der Waals surface area contributed by atoms with E-state index in [4.69, 9.17) is 0 Å². The summed E-state index contributed by atoms with van der Waals surface area (Å²) in [5, 5.41) is 0. The first-order valence-corrected chi connectivity index (χ1v) is 10.9. The molecule has 0 fully saturated rings. The fraction of sp³-hybridized carbons (Fsp3) is 0.708. The largest absolute Gasteiger partial charge is 0.303 e. The first-order chi connectivity index (χ1) is 12.4. The van der Waals surface area contributed by atoms with Crippen molar-refractivity contribution < 1.29 is 4.79 Å². The number of aryl methyl sites for hydroxylation is 1. The molecule has 0 atom stereocenters. The Bertz CT molecular complexity index is 384. The smallest absolute Gasteiger partial charge is 0.119 e. The van der Waals surface area contributed by atoms with Gasteiger partial charge in [-0.3, -0.25) is 0 Å². The lowest BCUT2D eigenvalue weighted by Crippen LogP contribution is -1.86. The summed E-state index contributed by atoms with van der Waals surface area (Å²) in [6.07, 6.45) is 23.6. The van der Waals surface area contributed by atoms with E-state index in [1.165, 1.54) is 102 Å². The lowest BCUT2D eigenvalue weighted by molar-refractivity contribution is -0.107. The maximum atomic E-state index is 10.2. The Hall–Kier alpha value is -1.11. The van der Waals surface area contributed by atoms with E-state index in [1.54, 1.807) is 0 Å². The molecule has 0 N–H and O–H groups in total. The Labute approximate surface area is 156 Å². The van der Waals surface area contributed by atoms with E-state index in [1.807, 2.05) is 0 Å². The van der Waals surface area contributed by atoms with Crippen LogP contribution in [0.5, 0.6) is 0 Å². The SMILES string of the molecule is O=CCCCCCCCCCCCCCCCCCc1ccccc1. The quantitative estimate of drug-likeness (QED) is 0.197. The normalized spacial score (nSPS) is 10.9. The van der Waals surface area contributed by atoms with Gasteiger partial charge in [0.25, 0.3) is 0 Å². The Morgan fingerprint density at radius 2 is 0.920 bits per heavy atom. The molecule has 0 aliphatic carbocycles. The number of carbonyl (C=O) groups is 1. The monoisotopic (exact) mass is 344 g/mol. The van der Waals surface area contributed by atoms with E-state index >= 15 is 0 Å². The minimum atomic E-state index is 0.757. The van der Waals surface area contributed by atoms with Crippen LogP contribution in [0.4, 0.5) is 0 Å². The molecule has 25 heavy (non-hydrogen) atoms. The van der Waals surface area contributed by atoms with Crippen LogP contribution in [0.3, 0.4) is 0 Å². The first kappa shape index (κ1) is 21.9. The summed E-state index contributed by atoms with van der Waals surface area (Å²) >= 11 is 0. The van der Waals surface area contributed by atoms with Crippen LogP contribution in [0.15, 0.2) is 30.3 Å². The Kier molecular flexibility index (Phi) is 15.5. The van der Waals surface area contributed by atoms with E-state index < -0.39 is 0 Å². The molecule has 0 saturated heterocycles. The predicted octanol–water partition coefficient (Wildman–Crippen LogP) is 7.67. The number of hydrogen-bond donors (Lipinski definition) is 0. The van der Waals surface area contributed by atoms with Gasteiger partial charge in [-0.2, -0.15) is 0 Å². The number of rotatable bonds is 18. The Balaban J connectivity index is 1.70. The van der Waals surface area contributed by atoms with Crippen molar-refractivity contribution in [1.29, 1.82) is 0 Å². The van der Waals surface area contributed by atoms with Crippen molar-refractivity contribution in [2.45, 2.75) is 109 Å². The highest BCUT2D eigenvalue weighted by molar-refractivity contribution is 5.48. The van der Waals surface area contributed by atoms with E-state index in [2.05, 4.69) is 30.3 Å². The lowest BCUT2D eigenvalue weighted by atomic mass is 10.0. The minimum absolute atomic E-state index is 0.757. The van der Waals surface area contributed by atoms with Crippen LogP contribution in [0.1, 0.15) is 108 Å². The minimum Gasteiger partial charge on any atom is -0.303 e. The van der Waals surface area contributed by atoms with Gasteiger partial charge in [0, 0.05) is 6.42 Å². The second-order valence-corrected chi connectivity index (χ2v) is 7.49. The van der Waals surface area contributed by atoms with Gasteiger partial charge in [-0.15, -0.1) is 0 Å². The van der Waals surface area contributed by atoms with Crippen LogP contribution >= 0.6 is 0 Å². The van der Waals surface area contributed by atoms with Crippen molar-refractivity contribution in [1.82, 2.24) is 0 Å². The molecule has 0 unspecified atom stereocenters. The zero-order valence-corrected chi connectivity index (χ0v) is 16.4. The van der Waals surface area contributed by atoms with Gasteiger partial charge < -0.3 is 4.79 Å². The summed E-state index contributed by atoms with van der Waals surface area (Å²) in [5.74, 6) is 0. The zero-order valence-electron chi connectivity index (χ0n) is 16.4. The fourth-order valence-corrected chi connectivity index (χ4v) is 3.50. The third-order valence-electron chi connectivity index (χ3n) is 5.13. The Morgan fingerprint density at radius 1 is 0.520 bits per heavy atom. The van der Waals surface area contributed by atoms with E-state index in [9.17, 15) is 4.79 Å². The van der Waals surface area contributed by atoms with E-state index in [-0.39, 0.29) is 0 Å². The maximum Gasteiger partial charge on any atom is 0.119 e. The lowest BCUT2D eigenvalue weighted by Gasteiger charge is -2.04. The molecule has 0 radical (unpaired) electrons. The molecule has 0 saturated carbocycles. The molecule has 0 aliphatic heterocycles.